The van der Waals surface area contributed by atoms with Gasteiger partial charge in [-0.2, -0.15) is 5.01 Å². The van der Waals surface area contributed by atoms with E-state index >= 15 is 4.79 Å². The number of fused-ring (bicyclic) bond motifs is 4. The normalized spacial score (nSPS) is 21.7. The third-order valence-corrected chi connectivity index (χ3v) is 11.2. The van der Waals surface area contributed by atoms with Crippen LogP contribution in [0.15, 0.2) is 118 Å². The molecular formula is C40H33Cl2N5O7. The van der Waals surface area contributed by atoms with E-state index in [0.29, 0.717) is 33.2 Å². The number of ether oxygens (including phenoxy) is 2. The number of anilines is 1. The number of para-hydroxylation sites is 1. The average molecular weight is 767 g/mol. The molecule has 1 saturated heterocycles. The topological polar surface area (TPSA) is 137 Å². The van der Waals surface area contributed by atoms with Gasteiger partial charge in [0.15, 0.2) is 11.5 Å². The number of phenolic OH excluding ortho intramolecular Hbond substituents is 1. The number of benzene rings is 4. The zero-order valence-electron chi connectivity index (χ0n) is 29.0. The summed E-state index contributed by atoms with van der Waals surface area (Å²) in [6, 6.07) is 24.4. The summed E-state index contributed by atoms with van der Waals surface area (Å²) in [4.78, 5) is 58.3. The number of hydrogen-bond donors (Lipinski definition) is 2. The molecule has 14 heteroatoms. The lowest BCUT2D eigenvalue weighted by Gasteiger charge is -2.47. The van der Waals surface area contributed by atoms with Crippen molar-refractivity contribution in [1.82, 2.24) is 18.9 Å². The largest absolute Gasteiger partial charge is 0.504 e. The van der Waals surface area contributed by atoms with Gasteiger partial charge < -0.3 is 14.6 Å². The Labute approximate surface area is 318 Å². The second-order valence-electron chi connectivity index (χ2n) is 13.3. The Bertz CT molecular complexity index is 2510. The van der Waals surface area contributed by atoms with Crippen molar-refractivity contribution in [2.75, 3.05) is 19.6 Å². The van der Waals surface area contributed by atoms with Gasteiger partial charge in [-0.15, -0.1) is 0 Å². The lowest BCUT2D eigenvalue weighted by atomic mass is 9.54. The average Bonchev–Trinajstić information content (AvgIpc) is 3.56. The van der Waals surface area contributed by atoms with Crippen molar-refractivity contribution in [2.24, 2.45) is 11.8 Å². The number of nitrogens with one attached hydrogen (secondary N) is 1. The molecule has 12 nitrogen and oxygen atoms in total. The number of hydrogen-bond acceptors (Lipinski definition) is 8. The van der Waals surface area contributed by atoms with Crippen molar-refractivity contribution in [2.45, 2.75) is 24.4 Å². The summed E-state index contributed by atoms with van der Waals surface area (Å²) >= 11 is 12.7. The molecule has 1 aliphatic carbocycles. The second kappa shape index (κ2) is 13.5. The number of nitrogens with zero attached hydrogens (tertiary/aromatic N) is 4. The fourth-order valence-corrected chi connectivity index (χ4v) is 8.60. The van der Waals surface area contributed by atoms with Crippen LogP contribution in [-0.4, -0.2) is 50.1 Å². The molecule has 1 aromatic heterocycles. The molecule has 2 amide bonds. The Morgan fingerprint density at radius 1 is 0.889 bits per heavy atom. The molecule has 0 radical (unpaired) electrons. The van der Waals surface area contributed by atoms with E-state index in [9.17, 15) is 19.5 Å². The molecule has 54 heavy (non-hydrogen) atoms. The first kappa shape index (κ1) is 35.1. The van der Waals surface area contributed by atoms with Gasteiger partial charge in [0.1, 0.15) is 5.75 Å². The molecule has 5 aromatic rings. The number of carbonyl (C=O) groups is 2. The third kappa shape index (κ3) is 5.35. The number of halogens is 2. The number of methoxy groups -OCH3 is 2. The maximum atomic E-state index is 15.3. The van der Waals surface area contributed by atoms with Crippen LogP contribution in [0.25, 0.3) is 11.8 Å². The molecule has 4 aromatic carbocycles. The van der Waals surface area contributed by atoms with Gasteiger partial charge in [-0.3, -0.25) is 15.0 Å². The summed E-state index contributed by atoms with van der Waals surface area (Å²) in [6.07, 6.45) is 5.53. The monoisotopic (exact) mass is 765 g/mol. The number of phenols is 1. The molecule has 2 fully saturated rings. The predicted octanol–water partition coefficient (Wildman–Crippen LogP) is 5.99. The molecule has 274 valence electrons. The molecule has 0 bridgehead atoms. The maximum Gasteiger partial charge on any atom is 0.352 e. The number of imide groups is 1. The maximum absolute atomic E-state index is 15.3. The van der Waals surface area contributed by atoms with Crippen molar-refractivity contribution >= 4 is 46.8 Å². The highest BCUT2D eigenvalue weighted by Crippen LogP contribution is 2.59. The van der Waals surface area contributed by atoms with Gasteiger partial charge in [0.05, 0.1) is 54.5 Å². The van der Waals surface area contributed by atoms with Gasteiger partial charge in [-0.05, 0) is 77.7 Å². The Hall–Kier alpha value is -5.98. The summed E-state index contributed by atoms with van der Waals surface area (Å²) < 4.78 is 14.7. The van der Waals surface area contributed by atoms with Gasteiger partial charge in [-0.1, -0.05) is 77.8 Å². The van der Waals surface area contributed by atoms with Gasteiger partial charge in [0, 0.05) is 10.9 Å². The van der Waals surface area contributed by atoms with Crippen LogP contribution in [0.3, 0.4) is 0 Å². The SMILES string of the molecule is COc1ccc(C23C(=O)N(Nc4ccc(Cl)cc4Cl)C(=O)C2CC2C(=CCn4c(=O)n(-c5ccccc5)c(=O)n42)C3C=Cc2ccc(O)c(OC)c2)cc1. The molecule has 2 aliphatic heterocycles. The third-order valence-electron chi connectivity index (χ3n) is 10.6. The van der Waals surface area contributed by atoms with E-state index in [1.807, 2.05) is 12.2 Å². The molecular weight excluding hydrogens is 733 g/mol. The first-order valence-electron chi connectivity index (χ1n) is 17.1. The number of aromatic hydroxyl groups is 1. The van der Waals surface area contributed by atoms with Crippen LogP contribution < -0.4 is 26.3 Å². The van der Waals surface area contributed by atoms with Gasteiger partial charge >= 0.3 is 11.4 Å². The van der Waals surface area contributed by atoms with E-state index in [1.165, 1.54) is 35.7 Å². The number of carbonyl (C=O) groups excluding carboxylic acids is 2. The van der Waals surface area contributed by atoms with E-state index in [2.05, 4.69) is 5.43 Å². The van der Waals surface area contributed by atoms with Gasteiger partial charge in [-0.25, -0.2) is 23.5 Å². The van der Waals surface area contributed by atoms with E-state index in [-0.39, 0.29) is 35.2 Å². The first-order valence-corrected chi connectivity index (χ1v) is 17.8. The smallest absolute Gasteiger partial charge is 0.352 e. The Morgan fingerprint density at radius 2 is 1.65 bits per heavy atom. The van der Waals surface area contributed by atoms with Crippen molar-refractivity contribution in [3.8, 4) is 22.9 Å². The number of hydrazine groups is 1. The number of allylic oxidation sites excluding steroid dienone is 3. The Balaban J connectivity index is 1.35. The quantitative estimate of drug-likeness (QED) is 0.145. The van der Waals surface area contributed by atoms with Crippen LogP contribution in [0.1, 0.15) is 23.6 Å². The number of aromatic nitrogens is 3. The highest BCUT2D eigenvalue weighted by atomic mass is 35.5. The van der Waals surface area contributed by atoms with Crippen LogP contribution in [0.5, 0.6) is 17.2 Å². The molecule has 8 rings (SSSR count). The number of rotatable bonds is 8. The van der Waals surface area contributed by atoms with Crippen LogP contribution >= 0.6 is 23.2 Å². The zero-order valence-corrected chi connectivity index (χ0v) is 30.5. The van der Waals surface area contributed by atoms with Crippen molar-refractivity contribution in [1.29, 1.82) is 0 Å². The van der Waals surface area contributed by atoms with E-state index in [1.54, 1.807) is 84.9 Å². The van der Waals surface area contributed by atoms with Gasteiger partial charge in [0.25, 0.3) is 11.8 Å². The van der Waals surface area contributed by atoms with Crippen molar-refractivity contribution in [3.05, 3.63) is 151 Å². The zero-order chi connectivity index (χ0) is 37.9. The molecule has 4 unspecified atom stereocenters. The summed E-state index contributed by atoms with van der Waals surface area (Å²) in [5.41, 5.74) is 2.93. The van der Waals surface area contributed by atoms with E-state index in [4.69, 9.17) is 32.7 Å². The molecule has 0 spiro atoms. The van der Waals surface area contributed by atoms with Crippen LogP contribution in [0, 0.1) is 11.8 Å². The predicted molar refractivity (Wildman–Crippen MR) is 203 cm³/mol. The second-order valence-corrected chi connectivity index (χ2v) is 14.1. The van der Waals surface area contributed by atoms with E-state index < -0.39 is 46.5 Å². The minimum absolute atomic E-state index is 0.0183. The summed E-state index contributed by atoms with van der Waals surface area (Å²) in [6.45, 7) is 0.0466. The summed E-state index contributed by atoms with van der Waals surface area (Å²) in [5, 5.41) is 11.9. The lowest BCUT2D eigenvalue weighted by molar-refractivity contribution is -0.138. The molecule has 1 saturated carbocycles. The van der Waals surface area contributed by atoms with Crippen molar-refractivity contribution < 1.29 is 24.2 Å². The molecule has 4 atom stereocenters. The van der Waals surface area contributed by atoms with Crippen LogP contribution in [-0.2, 0) is 21.5 Å². The highest BCUT2D eigenvalue weighted by Gasteiger charge is 2.68. The molecule has 3 heterocycles. The van der Waals surface area contributed by atoms with Crippen molar-refractivity contribution in [3.63, 3.8) is 0 Å². The molecule has 2 N–H and O–H groups in total. The lowest BCUT2D eigenvalue weighted by Crippen LogP contribution is -2.54. The van der Waals surface area contributed by atoms with Gasteiger partial charge in [0.2, 0.25) is 0 Å². The highest BCUT2D eigenvalue weighted by molar-refractivity contribution is 6.36. The fourth-order valence-electron chi connectivity index (χ4n) is 8.15. The Kier molecular flexibility index (Phi) is 8.74. The fraction of sp³-hybridized carbons (Fsp3) is 0.200. The van der Waals surface area contributed by atoms with E-state index in [0.717, 1.165) is 9.58 Å². The minimum Gasteiger partial charge on any atom is -0.504 e. The first-order chi connectivity index (χ1) is 26.1. The van der Waals surface area contributed by atoms with Crippen LogP contribution in [0.4, 0.5) is 5.69 Å². The minimum atomic E-state index is -1.54. The Morgan fingerprint density at radius 3 is 2.35 bits per heavy atom. The number of amides is 2. The van der Waals surface area contributed by atoms with Crippen LogP contribution in [0.2, 0.25) is 10.0 Å². The molecule has 3 aliphatic rings. The standard InChI is InChI=1S/C40H33Cl2N5O7/c1-53-27-13-10-24(11-14-27)40-29(15-8-23-9-17-34(48)35(20-23)54-2)28-18-19-44-38(51)45(26-6-4-3-5-7-26)39(52)47(44)33(28)22-30(40)36(49)46(37(40)50)43-32-16-12-25(41)21-31(32)42/h3-18,20-21,29-30,33,43,48H,19,22H2,1-2H3. The summed E-state index contributed by atoms with van der Waals surface area (Å²) in [7, 11) is 2.98. The summed E-state index contributed by atoms with van der Waals surface area (Å²) in [5.74, 6) is -2.18.